The van der Waals surface area contributed by atoms with E-state index in [1.165, 1.54) is 28.6 Å². The molecule has 2 aromatic rings. The van der Waals surface area contributed by atoms with Gasteiger partial charge >= 0.3 is 0 Å². The van der Waals surface area contributed by atoms with E-state index in [1.54, 1.807) is 11.3 Å². The van der Waals surface area contributed by atoms with Crippen molar-refractivity contribution in [3.8, 4) is 0 Å². The molecule has 32 heavy (non-hydrogen) atoms. The van der Waals surface area contributed by atoms with Crippen molar-refractivity contribution >= 4 is 45.1 Å². The number of fused-ring (bicyclic) bond motifs is 3. The summed E-state index contributed by atoms with van der Waals surface area (Å²) in [6.45, 7) is 5.82. The average molecular weight is 478 g/mol. The minimum atomic E-state index is -0.0453. The lowest BCUT2D eigenvalue weighted by atomic mass is 9.97. The summed E-state index contributed by atoms with van der Waals surface area (Å²) in [5, 5.41) is 3.60. The van der Waals surface area contributed by atoms with Crippen molar-refractivity contribution in [3.63, 3.8) is 0 Å². The molecule has 0 bridgehead atoms. The maximum atomic E-state index is 12.7. The third kappa shape index (κ3) is 5.52. The van der Waals surface area contributed by atoms with E-state index in [2.05, 4.69) is 15.2 Å². The lowest BCUT2D eigenvalue weighted by Gasteiger charge is -2.21. The van der Waals surface area contributed by atoms with Crippen LogP contribution in [0.3, 0.4) is 0 Å². The van der Waals surface area contributed by atoms with Gasteiger partial charge in [0.25, 0.3) is 5.56 Å². The van der Waals surface area contributed by atoms with E-state index in [1.807, 2.05) is 11.8 Å². The van der Waals surface area contributed by atoms with Crippen LogP contribution in [0.2, 0.25) is 0 Å². The van der Waals surface area contributed by atoms with Crippen LogP contribution < -0.4 is 10.9 Å². The molecule has 4 rings (SSSR count). The SMILES string of the molecule is CCNC(=O)CN1CCCN(C(=O)CSCc2nc3sc4c(c3c(=O)[nH]2)CCCC4)CC1. The Kier molecular flexibility index (Phi) is 7.85. The van der Waals surface area contributed by atoms with Gasteiger partial charge in [-0.2, -0.15) is 0 Å². The number of aryl methyl sites for hydroxylation is 2. The first-order valence-electron chi connectivity index (χ1n) is 11.4. The predicted molar refractivity (Wildman–Crippen MR) is 129 cm³/mol. The highest BCUT2D eigenvalue weighted by atomic mass is 32.2. The number of carbonyl (C=O) groups is 2. The normalized spacial score (nSPS) is 17.2. The summed E-state index contributed by atoms with van der Waals surface area (Å²) in [6.07, 6.45) is 5.20. The second-order valence-corrected chi connectivity index (χ2v) is 10.4. The largest absolute Gasteiger partial charge is 0.355 e. The monoisotopic (exact) mass is 477 g/mol. The van der Waals surface area contributed by atoms with Gasteiger partial charge in [0.15, 0.2) is 0 Å². The zero-order valence-corrected chi connectivity index (χ0v) is 20.2. The van der Waals surface area contributed by atoms with E-state index in [-0.39, 0.29) is 17.4 Å². The first-order chi connectivity index (χ1) is 15.5. The van der Waals surface area contributed by atoms with E-state index in [4.69, 9.17) is 4.98 Å². The van der Waals surface area contributed by atoms with Crippen LogP contribution in [0.15, 0.2) is 4.79 Å². The number of amides is 2. The Morgan fingerprint density at radius 3 is 2.84 bits per heavy atom. The highest BCUT2D eigenvalue weighted by Gasteiger charge is 2.22. The summed E-state index contributed by atoms with van der Waals surface area (Å²) in [5.74, 6) is 1.65. The second-order valence-electron chi connectivity index (χ2n) is 8.36. The number of carbonyl (C=O) groups excluding carboxylic acids is 2. The molecule has 2 amide bonds. The van der Waals surface area contributed by atoms with Crippen molar-refractivity contribution in [3.05, 3.63) is 26.6 Å². The average Bonchev–Trinajstić information content (AvgIpc) is 2.98. The Labute approximate surface area is 196 Å². The van der Waals surface area contributed by atoms with Crippen LogP contribution in [0.4, 0.5) is 0 Å². The Balaban J connectivity index is 1.29. The fraction of sp³-hybridized carbons (Fsp3) is 0.636. The summed E-state index contributed by atoms with van der Waals surface area (Å²) in [7, 11) is 0. The van der Waals surface area contributed by atoms with Crippen LogP contribution >= 0.6 is 23.1 Å². The Bertz CT molecular complexity index is 1030. The number of thioether (sulfide) groups is 1. The van der Waals surface area contributed by atoms with Crippen LogP contribution in [0, 0.1) is 0 Å². The Hall–Kier alpha value is -1.91. The predicted octanol–water partition coefficient (Wildman–Crippen LogP) is 1.77. The molecule has 1 aliphatic carbocycles. The van der Waals surface area contributed by atoms with Crippen molar-refractivity contribution in [2.75, 3.05) is 45.0 Å². The van der Waals surface area contributed by atoms with Gasteiger partial charge < -0.3 is 15.2 Å². The molecule has 0 unspecified atom stereocenters. The molecular formula is C22H31N5O3S2. The number of likely N-dealkylation sites (N-methyl/N-ethyl adjacent to an activating group) is 1. The molecule has 8 nitrogen and oxygen atoms in total. The lowest BCUT2D eigenvalue weighted by molar-refractivity contribution is -0.128. The molecule has 1 fully saturated rings. The summed E-state index contributed by atoms with van der Waals surface area (Å²) < 4.78 is 0. The first-order valence-corrected chi connectivity index (χ1v) is 13.4. The van der Waals surface area contributed by atoms with E-state index in [0.717, 1.165) is 42.4 Å². The maximum Gasteiger partial charge on any atom is 0.259 e. The molecule has 10 heteroatoms. The molecule has 174 valence electrons. The number of hydrogen-bond acceptors (Lipinski definition) is 7. The number of nitrogens with zero attached hydrogens (tertiary/aromatic N) is 3. The van der Waals surface area contributed by atoms with Gasteiger partial charge in [0.1, 0.15) is 10.7 Å². The zero-order valence-electron chi connectivity index (χ0n) is 18.6. The van der Waals surface area contributed by atoms with E-state index in [0.29, 0.717) is 50.1 Å². The molecule has 2 aliphatic rings. The fourth-order valence-corrected chi connectivity index (χ4v) is 6.51. The van der Waals surface area contributed by atoms with Gasteiger partial charge in [-0.25, -0.2) is 4.98 Å². The van der Waals surface area contributed by atoms with Gasteiger partial charge in [-0.1, -0.05) is 0 Å². The molecule has 0 saturated carbocycles. The van der Waals surface area contributed by atoms with E-state index in [9.17, 15) is 14.4 Å². The van der Waals surface area contributed by atoms with Gasteiger partial charge in [-0.15, -0.1) is 23.1 Å². The van der Waals surface area contributed by atoms with Gasteiger partial charge in [-0.05, 0) is 44.6 Å². The van der Waals surface area contributed by atoms with Crippen LogP contribution in [0.1, 0.15) is 42.5 Å². The molecule has 0 atom stereocenters. The van der Waals surface area contributed by atoms with Gasteiger partial charge in [0.2, 0.25) is 11.8 Å². The number of thiophene rings is 1. The summed E-state index contributed by atoms with van der Waals surface area (Å²) >= 11 is 3.14. The number of hydrogen-bond donors (Lipinski definition) is 2. The Morgan fingerprint density at radius 2 is 2.00 bits per heavy atom. The van der Waals surface area contributed by atoms with Crippen molar-refractivity contribution in [2.24, 2.45) is 0 Å². The molecule has 2 N–H and O–H groups in total. The number of aromatic nitrogens is 2. The first kappa shape index (κ1) is 23.3. The minimum Gasteiger partial charge on any atom is -0.355 e. The molecule has 1 aliphatic heterocycles. The number of rotatable bonds is 7. The third-order valence-corrected chi connectivity index (χ3v) is 8.14. The summed E-state index contributed by atoms with van der Waals surface area (Å²) in [6, 6.07) is 0. The zero-order chi connectivity index (χ0) is 22.5. The van der Waals surface area contributed by atoms with E-state index >= 15 is 0 Å². The number of H-pyrrole nitrogens is 1. The van der Waals surface area contributed by atoms with Crippen molar-refractivity contribution < 1.29 is 9.59 Å². The molecular weight excluding hydrogens is 446 g/mol. The van der Waals surface area contributed by atoms with Crippen molar-refractivity contribution in [1.82, 2.24) is 25.1 Å². The van der Waals surface area contributed by atoms with Crippen molar-refractivity contribution in [1.29, 1.82) is 0 Å². The van der Waals surface area contributed by atoms with Crippen LogP contribution in [-0.4, -0.2) is 76.6 Å². The van der Waals surface area contributed by atoms with E-state index < -0.39 is 0 Å². The van der Waals surface area contributed by atoms with Crippen LogP contribution in [0.25, 0.3) is 10.2 Å². The van der Waals surface area contributed by atoms with Crippen molar-refractivity contribution in [2.45, 2.75) is 44.8 Å². The quantitative estimate of drug-likeness (QED) is 0.631. The Morgan fingerprint density at radius 1 is 1.16 bits per heavy atom. The smallest absolute Gasteiger partial charge is 0.259 e. The number of nitrogens with one attached hydrogen (secondary N) is 2. The fourth-order valence-electron chi connectivity index (χ4n) is 4.44. The molecule has 0 aromatic carbocycles. The lowest BCUT2D eigenvalue weighted by Crippen LogP contribution is -2.40. The minimum absolute atomic E-state index is 0.0351. The topological polar surface area (TPSA) is 98.4 Å². The van der Waals surface area contributed by atoms with Gasteiger partial charge in [0, 0.05) is 37.6 Å². The van der Waals surface area contributed by atoms with Gasteiger partial charge in [0.05, 0.1) is 23.4 Å². The molecule has 1 saturated heterocycles. The summed E-state index contributed by atoms with van der Waals surface area (Å²) in [5.41, 5.74) is 1.15. The van der Waals surface area contributed by atoms with Crippen LogP contribution in [-0.2, 0) is 28.2 Å². The molecule has 0 radical (unpaired) electrons. The second kappa shape index (κ2) is 10.8. The standard InChI is InChI=1S/C22H31N5O3S2/c1-2-23-18(28)12-26-8-5-9-27(11-10-26)19(29)14-31-13-17-24-21(30)20-15-6-3-4-7-16(15)32-22(20)25-17/h2-14H2,1H3,(H,23,28)(H,24,25,30). The number of aromatic amines is 1. The maximum absolute atomic E-state index is 12.7. The molecule has 3 heterocycles. The van der Waals surface area contributed by atoms with Gasteiger partial charge in [-0.3, -0.25) is 19.3 Å². The molecule has 0 spiro atoms. The van der Waals surface area contributed by atoms with Crippen LogP contribution in [0.5, 0.6) is 0 Å². The third-order valence-electron chi connectivity index (χ3n) is 6.02. The summed E-state index contributed by atoms with van der Waals surface area (Å²) in [4.78, 5) is 50.9. The highest BCUT2D eigenvalue weighted by Crippen LogP contribution is 2.33. The highest BCUT2D eigenvalue weighted by molar-refractivity contribution is 7.99. The molecule has 2 aromatic heterocycles.